The van der Waals surface area contributed by atoms with Crippen LogP contribution in [0.1, 0.15) is 58.3 Å². The van der Waals surface area contributed by atoms with Gasteiger partial charge >= 0.3 is 0 Å². The van der Waals surface area contributed by atoms with E-state index in [0.717, 1.165) is 29.5 Å². The molecule has 116 valence electrons. The Labute approximate surface area is 132 Å². The van der Waals surface area contributed by atoms with Gasteiger partial charge < -0.3 is 5.32 Å². The summed E-state index contributed by atoms with van der Waals surface area (Å²) in [6.07, 6.45) is 4.82. The van der Waals surface area contributed by atoms with Crippen molar-refractivity contribution in [1.82, 2.24) is 9.97 Å². The molecule has 2 bridgehead atoms. The minimum atomic E-state index is 0.309. The van der Waals surface area contributed by atoms with Crippen molar-refractivity contribution in [3.8, 4) is 0 Å². The summed E-state index contributed by atoms with van der Waals surface area (Å²) in [6.45, 7) is 11.3. The Morgan fingerprint density at radius 2 is 2.00 bits per heavy atom. The van der Waals surface area contributed by atoms with Crippen molar-refractivity contribution in [2.75, 3.05) is 5.32 Å². The summed E-state index contributed by atoms with van der Waals surface area (Å²) < 4.78 is 0. The van der Waals surface area contributed by atoms with Crippen LogP contribution in [0.3, 0.4) is 0 Å². The molecule has 3 atom stereocenters. The molecule has 2 aliphatic rings. The maximum atomic E-state index is 6.28. The standard InChI is InChI=1S/C17H26ClN3/c1-6-12-19-13(18)10(2)14(20-12)21-15-16(3,4)11-7-8-17(15,5)9-11/h11,15H,6-9H2,1-5H3,(H,19,20,21). The molecule has 3 rings (SSSR count). The molecule has 4 heteroatoms. The van der Waals surface area contributed by atoms with E-state index in [9.17, 15) is 0 Å². The lowest BCUT2D eigenvalue weighted by molar-refractivity contribution is 0.155. The van der Waals surface area contributed by atoms with Gasteiger partial charge in [-0.05, 0) is 42.9 Å². The van der Waals surface area contributed by atoms with Crippen LogP contribution >= 0.6 is 11.6 Å². The first-order valence-electron chi connectivity index (χ1n) is 8.07. The molecular formula is C17H26ClN3. The second kappa shape index (κ2) is 4.84. The molecular weight excluding hydrogens is 282 g/mol. The van der Waals surface area contributed by atoms with Crippen molar-refractivity contribution in [3.05, 3.63) is 16.5 Å². The molecule has 1 aromatic heterocycles. The minimum absolute atomic E-state index is 0.309. The fourth-order valence-corrected chi connectivity index (χ4v) is 4.82. The summed E-state index contributed by atoms with van der Waals surface area (Å²) in [5.41, 5.74) is 1.66. The van der Waals surface area contributed by atoms with Crippen molar-refractivity contribution < 1.29 is 0 Å². The Balaban J connectivity index is 1.95. The van der Waals surface area contributed by atoms with Gasteiger partial charge in [-0.3, -0.25) is 0 Å². The molecule has 0 radical (unpaired) electrons. The van der Waals surface area contributed by atoms with Crippen LogP contribution in [0.4, 0.5) is 5.82 Å². The van der Waals surface area contributed by atoms with Gasteiger partial charge in [-0.25, -0.2) is 9.97 Å². The van der Waals surface area contributed by atoms with E-state index in [1.807, 2.05) is 6.92 Å². The molecule has 3 nitrogen and oxygen atoms in total. The predicted octanol–water partition coefficient (Wildman–Crippen LogP) is 4.63. The smallest absolute Gasteiger partial charge is 0.137 e. The molecule has 1 N–H and O–H groups in total. The average Bonchev–Trinajstić information content (AvgIpc) is 2.90. The summed E-state index contributed by atoms with van der Waals surface area (Å²) in [6, 6.07) is 0.457. The van der Waals surface area contributed by atoms with Gasteiger partial charge in [0.05, 0.1) is 0 Å². The normalized spacial score (nSPS) is 33.4. The van der Waals surface area contributed by atoms with Crippen LogP contribution in [0.2, 0.25) is 5.15 Å². The van der Waals surface area contributed by atoms with E-state index in [1.165, 1.54) is 19.3 Å². The van der Waals surface area contributed by atoms with E-state index in [2.05, 4.69) is 43.0 Å². The molecule has 2 aliphatic carbocycles. The van der Waals surface area contributed by atoms with Crippen LogP contribution < -0.4 is 5.32 Å². The van der Waals surface area contributed by atoms with Gasteiger partial charge in [0.25, 0.3) is 0 Å². The topological polar surface area (TPSA) is 37.8 Å². The van der Waals surface area contributed by atoms with Crippen LogP contribution in [0.15, 0.2) is 0 Å². The van der Waals surface area contributed by atoms with E-state index in [4.69, 9.17) is 11.6 Å². The summed E-state index contributed by atoms with van der Waals surface area (Å²) in [7, 11) is 0. The average molecular weight is 308 g/mol. The number of fused-ring (bicyclic) bond motifs is 2. The molecule has 0 saturated heterocycles. The van der Waals surface area contributed by atoms with Crippen LogP contribution in [0.5, 0.6) is 0 Å². The van der Waals surface area contributed by atoms with Crippen molar-refractivity contribution >= 4 is 17.4 Å². The fourth-order valence-electron chi connectivity index (χ4n) is 4.63. The third-order valence-corrected chi connectivity index (χ3v) is 6.37. The van der Waals surface area contributed by atoms with E-state index in [-0.39, 0.29) is 0 Å². The second-order valence-corrected chi connectivity index (χ2v) is 8.11. The van der Waals surface area contributed by atoms with Gasteiger partial charge in [-0.1, -0.05) is 39.3 Å². The Morgan fingerprint density at radius 1 is 1.29 bits per heavy atom. The van der Waals surface area contributed by atoms with Crippen molar-refractivity contribution in [2.45, 2.75) is 66.3 Å². The molecule has 2 fully saturated rings. The molecule has 0 aromatic carbocycles. The van der Waals surface area contributed by atoms with Crippen LogP contribution in [0, 0.1) is 23.7 Å². The van der Waals surface area contributed by atoms with Gasteiger partial charge in [0.15, 0.2) is 0 Å². The number of hydrogen-bond donors (Lipinski definition) is 1. The van der Waals surface area contributed by atoms with Crippen LogP contribution in [-0.4, -0.2) is 16.0 Å². The first-order chi connectivity index (χ1) is 9.78. The quantitative estimate of drug-likeness (QED) is 0.827. The van der Waals surface area contributed by atoms with E-state index in [1.54, 1.807) is 0 Å². The Bertz CT molecular complexity index is 565. The first-order valence-corrected chi connectivity index (χ1v) is 8.45. The van der Waals surface area contributed by atoms with Crippen molar-refractivity contribution in [3.63, 3.8) is 0 Å². The second-order valence-electron chi connectivity index (χ2n) is 7.75. The number of aryl methyl sites for hydroxylation is 1. The number of aromatic nitrogens is 2. The number of hydrogen-bond acceptors (Lipinski definition) is 3. The maximum Gasteiger partial charge on any atom is 0.137 e. The highest BCUT2D eigenvalue weighted by Gasteiger charge is 2.59. The van der Waals surface area contributed by atoms with Gasteiger partial charge in [-0.2, -0.15) is 0 Å². The number of rotatable bonds is 3. The Kier molecular flexibility index (Phi) is 3.47. The zero-order valence-electron chi connectivity index (χ0n) is 13.8. The zero-order chi connectivity index (χ0) is 15.4. The third-order valence-electron chi connectivity index (χ3n) is 6.00. The van der Waals surface area contributed by atoms with Gasteiger partial charge in [0.2, 0.25) is 0 Å². The number of nitrogens with one attached hydrogen (secondary N) is 1. The van der Waals surface area contributed by atoms with E-state index >= 15 is 0 Å². The molecule has 0 spiro atoms. The van der Waals surface area contributed by atoms with Crippen molar-refractivity contribution in [2.24, 2.45) is 16.7 Å². The Morgan fingerprint density at radius 3 is 2.57 bits per heavy atom. The summed E-state index contributed by atoms with van der Waals surface area (Å²) in [5, 5.41) is 4.33. The van der Waals surface area contributed by atoms with Crippen LogP contribution in [-0.2, 0) is 6.42 Å². The van der Waals surface area contributed by atoms with Gasteiger partial charge in [0, 0.05) is 18.0 Å². The lowest BCUT2D eigenvalue weighted by atomic mass is 9.68. The highest BCUT2D eigenvalue weighted by Crippen LogP contribution is 2.63. The largest absolute Gasteiger partial charge is 0.366 e. The molecule has 0 aliphatic heterocycles. The summed E-state index contributed by atoms with van der Waals surface area (Å²) >= 11 is 6.28. The zero-order valence-corrected chi connectivity index (χ0v) is 14.5. The van der Waals surface area contributed by atoms with Crippen LogP contribution in [0.25, 0.3) is 0 Å². The molecule has 1 heterocycles. The lowest BCUT2D eigenvalue weighted by Gasteiger charge is -2.43. The van der Waals surface area contributed by atoms with E-state index < -0.39 is 0 Å². The highest BCUT2D eigenvalue weighted by molar-refractivity contribution is 6.30. The highest BCUT2D eigenvalue weighted by atomic mass is 35.5. The van der Waals surface area contributed by atoms with Crippen molar-refractivity contribution in [1.29, 1.82) is 0 Å². The minimum Gasteiger partial charge on any atom is -0.366 e. The molecule has 21 heavy (non-hydrogen) atoms. The summed E-state index contributed by atoms with van der Waals surface area (Å²) in [4.78, 5) is 9.03. The number of nitrogens with zero attached hydrogens (tertiary/aromatic N) is 2. The van der Waals surface area contributed by atoms with E-state index in [0.29, 0.717) is 22.0 Å². The Hall–Kier alpha value is -0.830. The lowest BCUT2D eigenvalue weighted by Crippen LogP contribution is -2.46. The summed E-state index contributed by atoms with van der Waals surface area (Å²) in [5.74, 6) is 2.57. The number of halogens is 1. The predicted molar refractivity (Wildman–Crippen MR) is 87.8 cm³/mol. The molecule has 0 amide bonds. The molecule has 3 unspecified atom stereocenters. The first kappa shape index (κ1) is 15.1. The monoisotopic (exact) mass is 307 g/mol. The fraction of sp³-hybridized carbons (Fsp3) is 0.765. The van der Waals surface area contributed by atoms with Gasteiger partial charge in [-0.15, -0.1) is 0 Å². The SMILES string of the molecule is CCc1nc(Cl)c(C)c(NC2C3(C)CCC(C3)C2(C)C)n1. The third kappa shape index (κ3) is 2.25. The molecule has 1 aromatic rings. The number of anilines is 1. The molecule has 2 saturated carbocycles. The van der Waals surface area contributed by atoms with Gasteiger partial charge in [0.1, 0.15) is 16.8 Å². The maximum absolute atomic E-state index is 6.28.